The fraction of sp³-hybridized carbons (Fsp3) is 0.292. The molecule has 1 aliphatic heterocycles. The van der Waals surface area contributed by atoms with Gasteiger partial charge >= 0.3 is 0 Å². The van der Waals surface area contributed by atoms with E-state index < -0.39 is 5.92 Å². The zero-order valence-corrected chi connectivity index (χ0v) is 16.4. The van der Waals surface area contributed by atoms with Gasteiger partial charge in [0.1, 0.15) is 0 Å². The van der Waals surface area contributed by atoms with Gasteiger partial charge in [-0.15, -0.1) is 0 Å². The van der Waals surface area contributed by atoms with Crippen molar-refractivity contribution < 1.29 is 19.1 Å². The predicted molar refractivity (Wildman–Crippen MR) is 109 cm³/mol. The van der Waals surface area contributed by atoms with Crippen LogP contribution in [0, 0.1) is 5.92 Å². The predicted octanol–water partition coefficient (Wildman–Crippen LogP) is 4.11. The molecule has 29 heavy (non-hydrogen) atoms. The number of ether oxygens (including phenoxy) is 2. The van der Waals surface area contributed by atoms with Gasteiger partial charge in [-0.05, 0) is 30.5 Å². The van der Waals surface area contributed by atoms with E-state index in [-0.39, 0.29) is 17.5 Å². The number of methoxy groups -OCH3 is 2. The number of benzene rings is 2. The van der Waals surface area contributed by atoms with Crippen LogP contribution in [0.25, 0.3) is 0 Å². The third kappa shape index (κ3) is 2.57. The van der Waals surface area contributed by atoms with Crippen LogP contribution >= 0.6 is 0 Å². The maximum absolute atomic E-state index is 13.4. The summed E-state index contributed by atoms with van der Waals surface area (Å²) < 4.78 is 10.9. The highest BCUT2D eigenvalue weighted by molar-refractivity contribution is 6.30. The van der Waals surface area contributed by atoms with Crippen molar-refractivity contribution >= 4 is 17.3 Å². The standard InChI is InChI=1S/C24H21NO4/c1-28-18-11-10-13(12-19(18)29-2)20-21-16(8-5-9-17(21)26)25-23-14-6-3-4-7-15(14)24(27)22(20)23/h3-4,6-7,10-12,20,22H,5,8-9H2,1-2H3. The molecule has 3 aliphatic rings. The lowest BCUT2D eigenvalue weighted by Crippen LogP contribution is -2.33. The molecular weight excluding hydrogens is 366 g/mol. The van der Waals surface area contributed by atoms with E-state index in [1.165, 1.54) is 0 Å². The Morgan fingerprint density at radius 2 is 1.66 bits per heavy atom. The fourth-order valence-electron chi connectivity index (χ4n) is 4.85. The summed E-state index contributed by atoms with van der Waals surface area (Å²) >= 11 is 0. The number of rotatable bonds is 3. The Morgan fingerprint density at radius 3 is 2.41 bits per heavy atom. The SMILES string of the molecule is COc1ccc(C2C3=C(CCCC3=O)N=C3c4ccccc4C(=O)C32)cc1OC. The van der Waals surface area contributed by atoms with Crippen molar-refractivity contribution in [1.29, 1.82) is 0 Å². The number of allylic oxidation sites excluding steroid dienone is 2. The van der Waals surface area contributed by atoms with Crippen LogP contribution < -0.4 is 9.47 Å². The number of hydrogen-bond acceptors (Lipinski definition) is 5. The van der Waals surface area contributed by atoms with Gasteiger partial charge in [0.25, 0.3) is 0 Å². The summed E-state index contributed by atoms with van der Waals surface area (Å²) in [5, 5.41) is 0. The van der Waals surface area contributed by atoms with E-state index >= 15 is 0 Å². The van der Waals surface area contributed by atoms with Crippen LogP contribution in [0.5, 0.6) is 11.5 Å². The van der Waals surface area contributed by atoms with Gasteiger partial charge in [-0.3, -0.25) is 14.6 Å². The average Bonchev–Trinajstić information content (AvgIpc) is 3.04. The zero-order chi connectivity index (χ0) is 20.1. The van der Waals surface area contributed by atoms with E-state index in [0.717, 1.165) is 35.4 Å². The Bertz CT molecular complexity index is 1110. The molecule has 5 nitrogen and oxygen atoms in total. The van der Waals surface area contributed by atoms with Crippen molar-refractivity contribution in [2.45, 2.75) is 25.2 Å². The van der Waals surface area contributed by atoms with Gasteiger partial charge in [-0.2, -0.15) is 0 Å². The number of aliphatic imine (C=N–C) groups is 1. The molecule has 0 fully saturated rings. The van der Waals surface area contributed by atoms with E-state index in [4.69, 9.17) is 14.5 Å². The Kier molecular flexibility index (Phi) is 4.12. The van der Waals surface area contributed by atoms with Crippen molar-refractivity contribution in [3.8, 4) is 11.5 Å². The third-order valence-electron chi connectivity index (χ3n) is 6.14. The van der Waals surface area contributed by atoms with Gasteiger partial charge in [0.2, 0.25) is 0 Å². The Balaban J connectivity index is 1.74. The summed E-state index contributed by atoms with van der Waals surface area (Å²) in [6.07, 6.45) is 2.06. The van der Waals surface area contributed by atoms with Crippen molar-refractivity contribution in [3.63, 3.8) is 0 Å². The van der Waals surface area contributed by atoms with E-state index in [9.17, 15) is 9.59 Å². The van der Waals surface area contributed by atoms with Crippen LogP contribution in [0.15, 0.2) is 58.7 Å². The van der Waals surface area contributed by atoms with Gasteiger partial charge < -0.3 is 9.47 Å². The molecule has 2 aromatic carbocycles. The fourth-order valence-corrected chi connectivity index (χ4v) is 4.85. The molecule has 1 heterocycles. The maximum atomic E-state index is 13.4. The maximum Gasteiger partial charge on any atom is 0.173 e. The second-order valence-electron chi connectivity index (χ2n) is 7.61. The number of ketones is 2. The van der Waals surface area contributed by atoms with Gasteiger partial charge in [0.15, 0.2) is 23.1 Å². The quantitative estimate of drug-likeness (QED) is 0.795. The van der Waals surface area contributed by atoms with Gasteiger partial charge in [0.05, 0.1) is 25.8 Å². The molecule has 146 valence electrons. The van der Waals surface area contributed by atoms with Gasteiger partial charge in [0, 0.05) is 34.7 Å². The number of carbonyl (C=O) groups excluding carboxylic acids is 2. The molecule has 0 saturated heterocycles. The summed E-state index contributed by atoms with van der Waals surface area (Å²) in [5.41, 5.74) is 4.77. The minimum atomic E-state index is -0.480. The molecule has 5 heteroatoms. The first-order valence-corrected chi connectivity index (χ1v) is 9.84. The van der Waals surface area contributed by atoms with E-state index in [2.05, 4.69) is 0 Å². The lowest BCUT2D eigenvalue weighted by molar-refractivity contribution is -0.116. The van der Waals surface area contributed by atoms with E-state index in [0.29, 0.717) is 29.1 Å². The smallest absolute Gasteiger partial charge is 0.173 e. The first-order valence-electron chi connectivity index (χ1n) is 9.84. The lowest BCUT2D eigenvalue weighted by atomic mass is 9.71. The van der Waals surface area contributed by atoms with Crippen LogP contribution in [0.4, 0.5) is 0 Å². The molecule has 2 atom stereocenters. The zero-order valence-electron chi connectivity index (χ0n) is 16.4. The highest BCUT2D eigenvalue weighted by atomic mass is 16.5. The highest BCUT2D eigenvalue weighted by Crippen LogP contribution is 2.49. The van der Waals surface area contributed by atoms with E-state index in [1.807, 2.05) is 42.5 Å². The monoisotopic (exact) mass is 387 g/mol. The van der Waals surface area contributed by atoms with Crippen LogP contribution in [-0.2, 0) is 4.79 Å². The summed E-state index contributed by atoms with van der Waals surface area (Å²) in [4.78, 5) is 31.2. The minimum absolute atomic E-state index is 0.0315. The van der Waals surface area contributed by atoms with Crippen molar-refractivity contribution in [2.24, 2.45) is 10.9 Å². The normalized spacial score (nSPS) is 22.6. The lowest BCUT2D eigenvalue weighted by Gasteiger charge is -2.33. The second-order valence-corrected chi connectivity index (χ2v) is 7.61. The topological polar surface area (TPSA) is 65.0 Å². The Labute approximate surface area is 169 Å². The molecule has 2 aliphatic carbocycles. The Morgan fingerprint density at radius 1 is 0.897 bits per heavy atom. The molecule has 0 spiro atoms. The van der Waals surface area contributed by atoms with Crippen LogP contribution in [0.2, 0.25) is 0 Å². The molecule has 2 unspecified atom stereocenters. The van der Waals surface area contributed by atoms with Crippen molar-refractivity contribution in [3.05, 3.63) is 70.4 Å². The second kappa shape index (κ2) is 6.69. The number of nitrogens with zero attached hydrogens (tertiary/aromatic N) is 1. The molecule has 5 rings (SSSR count). The van der Waals surface area contributed by atoms with Crippen molar-refractivity contribution in [1.82, 2.24) is 0 Å². The molecule has 0 amide bonds. The molecule has 0 saturated carbocycles. The minimum Gasteiger partial charge on any atom is -0.493 e. The highest BCUT2D eigenvalue weighted by Gasteiger charge is 2.48. The molecule has 2 aromatic rings. The van der Waals surface area contributed by atoms with Crippen molar-refractivity contribution in [2.75, 3.05) is 14.2 Å². The largest absolute Gasteiger partial charge is 0.493 e. The summed E-state index contributed by atoms with van der Waals surface area (Å²) in [6.45, 7) is 0. The number of fused-ring (bicyclic) bond motifs is 3. The molecular formula is C24H21NO4. The first kappa shape index (κ1) is 17.9. The van der Waals surface area contributed by atoms with Crippen LogP contribution in [0.3, 0.4) is 0 Å². The number of carbonyl (C=O) groups is 2. The van der Waals surface area contributed by atoms with Crippen LogP contribution in [0.1, 0.15) is 46.7 Å². The number of hydrogen-bond donors (Lipinski definition) is 0. The summed E-state index contributed by atoms with van der Waals surface area (Å²) in [5.74, 6) is 0.492. The molecule has 0 N–H and O–H groups in total. The summed E-state index contributed by atoms with van der Waals surface area (Å²) in [7, 11) is 3.17. The van der Waals surface area contributed by atoms with Gasteiger partial charge in [-0.1, -0.05) is 30.3 Å². The molecule has 0 radical (unpaired) electrons. The molecule has 0 aromatic heterocycles. The average molecular weight is 387 g/mol. The number of Topliss-reactive ketones (excluding diaryl/α,β-unsaturated/α-hetero) is 2. The van der Waals surface area contributed by atoms with Crippen LogP contribution in [-0.4, -0.2) is 31.5 Å². The summed E-state index contributed by atoms with van der Waals surface area (Å²) in [6, 6.07) is 13.3. The molecule has 0 bridgehead atoms. The third-order valence-corrected chi connectivity index (χ3v) is 6.14. The van der Waals surface area contributed by atoms with Gasteiger partial charge in [-0.25, -0.2) is 0 Å². The Hall–Kier alpha value is -3.21. The van der Waals surface area contributed by atoms with E-state index in [1.54, 1.807) is 14.2 Å². The first-order chi connectivity index (χ1) is 14.1.